The van der Waals surface area contributed by atoms with E-state index in [0.717, 1.165) is 29.1 Å². The molecular weight excluding hydrogens is 410 g/mol. The van der Waals surface area contributed by atoms with E-state index in [2.05, 4.69) is 42.4 Å². The monoisotopic (exact) mass is 439 g/mol. The molecule has 0 bridgehead atoms. The van der Waals surface area contributed by atoms with Crippen LogP contribution in [0.3, 0.4) is 0 Å². The Morgan fingerprint density at radius 2 is 1.94 bits per heavy atom. The number of fused-ring (bicyclic) bond motifs is 1. The molecular formula is C25H30ClN3O2. The summed E-state index contributed by atoms with van der Waals surface area (Å²) in [5.74, 6) is 1.32. The fourth-order valence-electron chi connectivity index (χ4n) is 5.89. The van der Waals surface area contributed by atoms with Crippen molar-refractivity contribution in [2.24, 2.45) is 22.7 Å². The molecule has 0 heterocycles. The highest BCUT2D eigenvalue weighted by atomic mass is 35.5. The van der Waals surface area contributed by atoms with E-state index in [1.165, 1.54) is 37.5 Å². The molecule has 164 valence electrons. The van der Waals surface area contributed by atoms with Crippen molar-refractivity contribution in [1.82, 2.24) is 0 Å². The summed E-state index contributed by atoms with van der Waals surface area (Å²) in [6.07, 6.45) is 6.63. The highest BCUT2D eigenvalue weighted by Crippen LogP contribution is 2.59. The number of hydrogen-bond donors (Lipinski definition) is 3. The third-order valence-electron chi connectivity index (χ3n) is 6.95. The van der Waals surface area contributed by atoms with Gasteiger partial charge in [-0.15, -0.1) is 0 Å². The van der Waals surface area contributed by atoms with E-state index in [1.807, 2.05) is 12.1 Å². The number of benzene rings is 2. The van der Waals surface area contributed by atoms with Gasteiger partial charge in [-0.3, -0.25) is 9.79 Å². The number of nitrogens with two attached hydrogens (primary N) is 1. The van der Waals surface area contributed by atoms with Gasteiger partial charge in [0.1, 0.15) is 6.54 Å². The zero-order valence-corrected chi connectivity index (χ0v) is 18.8. The van der Waals surface area contributed by atoms with E-state index >= 15 is 0 Å². The number of carboxylic acid groups (broad SMARTS) is 1. The van der Waals surface area contributed by atoms with Crippen molar-refractivity contribution in [1.29, 1.82) is 0 Å². The summed E-state index contributed by atoms with van der Waals surface area (Å²) in [5, 5.41) is 12.8. The highest BCUT2D eigenvalue weighted by molar-refractivity contribution is 6.33. The van der Waals surface area contributed by atoms with Crippen LogP contribution in [0, 0.1) is 17.8 Å². The molecule has 4 N–H and O–H groups in total. The van der Waals surface area contributed by atoms with Crippen LogP contribution in [0.15, 0.2) is 41.4 Å². The molecule has 6 heteroatoms. The summed E-state index contributed by atoms with van der Waals surface area (Å²) in [5.41, 5.74) is 10.5. The van der Waals surface area contributed by atoms with E-state index in [4.69, 9.17) is 22.4 Å². The minimum atomic E-state index is -0.981. The molecule has 0 saturated heterocycles. The first-order chi connectivity index (χ1) is 14.8. The lowest BCUT2D eigenvalue weighted by Crippen LogP contribution is -2.25. The van der Waals surface area contributed by atoms with Crippen molar-refractivity contribution >= 4 is 40.8 Å². The molecule has 2 saturated carbocycles. The van der Waals surface area contributed by atoms with E-state index in [-0.39, 0.29) is 12.0 Å². The molecule has 2 aliphatic rings. The molecule has 2 fully saturated rings. The molecule has 0 spiro atoms. The third kappa shape index (κ3) is 4.42. The molecule has 2 unspecified atom stereocenters. The van der Waals surface area contributed by atoms with Crippen molar-refractivity contribution in [2.45, 2.75) is 44.9 Å². The van der Waals surface area contributed by atoms with Crippen molar-refractivity contribution in [3.63, 3.8) is 0 Å². The van der Waals surface area contributed by atoms with Crippen molar-refractivity contribution in [3.05, 3.63) is 52.5 Å². The second-order valence-corrected chi connectivity index (χ2v) is 9.88. The number of carboxylic acids is 1. The van der Waals surface area contributed by atoms with Gasteiger partial charge >= 0.3 is 5.97 Å². The van der Waals surface area contributed by atoms with Crippen LogP contribution >= 0.6 is 11.6 Å². The Morgan fingerprint density at radius 3 is 2.58 bits per heavy atom. The number of rotatable bonds is 6. The van der Waals surface area contributed by atoms with Crippen molar-refractivity contribution < 1.29 is 9.90 Å². The first-order valence-electron chi connectivity index (χ1n) is 10.9. The van der Waals surface area contributed by atoms with Crippen LogP contribution in [-0.4, -0.2) is 23.8 Å². The standard InChI is InChI=1S/C25H30ClN3O2/c1-15-7-19-8-16(2)12-25(19,11-15)18-3-6-23(21(26)10-18)29-20-4-5-22(27)17(9-20)13-28-14-24(30)31/h3-6,9-10,13,15-16,19,29H,7-8,11-12,14,27H2,1-2H3,(H,30,31). The summed E-state index contributed by atoms with van der Waals surface area (Å²) in [4.78, 5) is 14.6. The summed E-state index contributed by atoms with van der Waals surface area (Å²) in [6.45, 7) is 4.46. The predicted octanol–water partition coefficient (Wildman–Crippen LogP) is 5.88. The van der Waals surface area contributed by atoms with Gasteiger partial charge in [-0.05, 0) is 84.7 Å². The van der Waals surface area contributed by atoms with Crippen molar-refractivity contribution in [3.8, 4) is 0 Å². The van der Waals surface area contributed by atoms with Gasteiger partial charge in [-0.25, -0.2) is 0 Å². The minimum absolute atomic E-state index is 0.274. The van der Waals surface area contributed by atoms with Crippen LogP contribution in [0.25, 0.3) is 0 Å². The van der Waals surface area contributed by atoms with Crippen LogP contribution in [-0.2, 0) is 10.2 Å². The first kappa shape index (κ1) is 21.7. The predicted molar refractivity (Wildman–Crippen MR) is 128 cm³/mol. The second-order valence-electron chi connectivity index (χ2n) is 9.47. The van der Waals surface area contributed by atoms with Gasteiger partial charge in [-0.2, -0.15) is 0 Å². The lowest BCUT2D eigenvalue weighted by molar-refractivity contribution is -0.135. The fourth-order valence-corrected chi connectivity index (χ4v) is 6.11. The second kappa shape index (κ2) is 8.54. The van der Waals surface area contributed by atoms with E-state index in [9.17, 15) is 4.79 Å². The number of nitrogens with one attached hydrogen (secondary N) is 1. The molecule has 2 atom stereocenters. The number of hydrogen-bond acceptors (Lipinski definition) is 4. The molecule has 0 amide bonds. The lowest BCUT2D eigenvalue weighted by atomic mass is 9.73. The molecule has 2 aromatic rings. The van der Waals surface area contributed by atoms with Gasteiger partial charge in [-0.1, -0.05) is 31.5 Å². The number of anilines is 3. The number of nitrogen functional groups attached to an aromatic ring is 1. The Hall–Kier alpha value is -2.53. The highest BCUT2D eigenvalue weighted by Gasteiger charge is 2.51. The molecule has 2 aromatic carbocycles. The van der Waals surface area contributed by atoms with Gasteiger partial charge in [0, 0.05) is 23.2 Å². The molecule has 0 aromatic heterocycles. The Kier molecular flexibility index (Phi) is 5.98. The molecule has 2 aliphatic carbocycles. The van der Waals surface area contributed by atoms with Crippen LogP contribution in [0.5, 0.6) is 0 Å². The topological polar surface area (TPSA) is 87.7 Å². The number of aliphatic imine (C=N–C) groups is 1. The maximum absolute atomic E-state index is 10.7. The number of halogens is 1. The first-order valence-corrected chi connectivity index (χ1v) is 11.3. The van der Waals surface area contributed by atoms with Gasteiger partial charge in [0.05, 0.1) is 10.7 Å². The molecule has 4 rings (SSSR count). The average molecular weight is 440 g/mol. The quantitative estimate of drug-likeness (QED) is 0.387. The Labute approximate surface area is 188 Å². The van der Waals surface area contributed by atoms with E-state index < -0.39 is 5.97 Å². The van der Waals surface area contributed by atoms with Gasteiger partial charge in [0.25, 0.3) is 0 Å². The maximum Gasteiger partial charge on any atom is 0.325 e. The van der Waals surface area contributed by atoms with Crippen LogP contribution in [0.1, 0.15) is 50.7 Å². The Morgan fingerprint density at radius 1 is 1.23 bits per heavy atom. The van der Waals surface area contributed by atoms with Gasteiger partial charge in [0.2, 0.25) is 0 Å². The summed E-state index contributed by atoms with van der Waals surface area (Å²) < 4.78 is 0. The summed E-state index contributed by atoms with van der Waals surface area (Å²) in [6, 6.07) is 12.0. The SMILES string of the molecule is CC1CC2CC(C)CC2(c2ccc(Nc3ccc(N)c(C=NCC(=O)O)c3)c(Cl)c2)C1. The Bertz CT molecular complexity index is 1010. The molecule has 31 heavy (non-hydrogen) atoms. The van der Waals surface area contributed by atoms with Crippen LogP contribution < -0.4 is 11.1 Å². The molecule has 0 aliphatic heterocycles. The number of carbonyl (C=O) groups is 1. The van der Waals surface area contributed by atoms with Crippen LogP contribution in [0.2, 0.25) is 5.02 Å². The average Bonchev–Trinajstić information content (AvgIpc) is 3.17. The molecule has 5 nitrogen and oxygen atoms in total. The normalized spacial score (nSPS) is 27.5. The smallest absolute Gasteiger partial charge is 0.325 e. The lowest BCUT2D eigenvalue weighted by Gasteiger charge is -2.31. The van der Waals surface area contributed by atoms with E-state index in [1.54, 1.807) is 6.07 Å². The Balaban J connectivity index is 1.56. The zero-order valence-electron chi connectivity index (χ0n) is 18.1. The fraction of sp³-hybridized carbons (Fsp3) is 0.440. The largest absolute Gasteiger partial charge is 0.480 e. The number of aliphatic carboxylic acids is 1. The van der Waals surface area contributed by atoms with Crippen molar-refractivity contribution in [2.75, 3.05) is 17.6 Å². The van der Waals surface area contributed by atoms with Gasteiger partial charge in [0.15, 0.2) is 0 Å². The zero-order chi connectivity index (χ0) is 22.2. The minimum Gasteiger partial charge on any atom is -0.480 e. The summed E-state index contributed by atoms with van der Waals surface area (Å²) in [7, 11) is 0. The van der Waals surface area contributed by atoms with E-state index in [0.29, 0.717) is 16.3 Å². The third-order valence-corrected chi connectivity index (χ3v) is 7.26. The van der Waals surface area contributed by atoms with Crippen LogP contribution in [0.4, 0.5) is 17.1 Å². The number of nitrogens with zero attached hydrogens (tertiary/aromatic N) is 1. The maximum atomic E-state index is 10.7. The molecule has 0 radical (unpaired) electrons. The summed E-state index contributed by atoms with van der Waals surface area (Å²) >= 11 is 6.73. The van der Waals surface area contributed by atoms with Gasteiger partial charge < -0.3 is 16.2 Å².